The second-order valence-corrected chi connectivity index (χ2v) is 10.5. The van der Waals surface area contributed by atoms with Gasteiger partial charge in [0.1, 0.15) is 0 Å². The fourth-order valence-electron chi connectivity index (χ4n) is 4.11. The number of anilines is 1. The topological polar surface area (TPSA) is 107 Å². The summed E-state index contributed by atoms with van der Waals surface area (Å²) >= 11 is 0. The van der Waals surface area contributed by atoms with Gasteiger partial charge in [0.15, 0.2) is 6.10 Å². The number of hydrogen-bond donors (Lipinski definition) is 1. The van der Waals surface area contributed by atoms with Crippen molar-refractivity contribution in [2.45, 2.75) is 31.8 Å². The highest BCUT2D eigenvalue weighted by molar-refractivity contribution is 7.89. The van der Waals surface area contributed by atoms with Crippen molar-refractivity contribution >= 4 is 27.6 Å². The molecule has 1 amide bonds. The zero-order chi connectivity index (χ0) is 25.9. The summed E-state index contributed by atoms with van der Waals surface area (Å²) in [5, 5.41) is 2.66. The van der Waals surface area contributed by atoms with Crippen molar-refractivity contribution < 1.29 is 27.5 Å². The van der Waals surface area contributed by atoms with Gasteiger partial charge in [-0.3, -0.25) is 4.79 Å². The Bertz CT molecular complexity index is 1340. The number of ether oxygens (including phenoxy) is 2. The Balaban J connectivity index is 1.40. The van der Waals surface area contributed by atoms with Gasteiger partial charge in [0.2, 0.25) is 10.0 Å². The van der Waals surface area contributed by atoms with E-state index in [2.05, 4.69) is 5.32 Å². The van der Waals surface area contributed by atoms with E-state index < -0.39 is 28.0 Å². The molecule has 0 bridgehead atoms. The van der Waals surface area contributed by atoms with Crippen LogP contribution in [0.15, 0.2) is 65.6 Å². The number of sulfonamides is 1. The highest BCUT2D eigenvalue weighted by atomic mass is 32.2. The van der Waals surface area contributed by atoms with Crippen LogP contribution in [0.5, 0.6) is 0 Å². The lowest BCUT2D eigenvalue weighted by molar-refractivity contribution is -0.123. The molecule has 1 aromatic heterocycles. The van der Waals surface area contributed by atoms with Gasteiger partial charge in [-0.15, -0.1) is 0 Å². The predicted octanol–water partition coefficient (Wildman–Crippen LogP) is 3.30. The van der Waals surface area contributed by atoms with E-state index in [1.807, 2.05) is 48.7 Å². The maximum Gasteiger partial charge on any atom is 0.340 e. The van der Waals surface area contributed by atoms with E-state index in [1.54, 1.807) is 6.07 Å². The fraction of sp³-hybridized carbons (Fsp3) is 0.308. The van der Waals surface area contributed by atoms with Crippen LogP contribution in [0.25, 0.3) is 5.69 Å². The summed E-state index contributed by atoms with van der Waals surface area (Å²) in [6, 6.07) is 17.3. The minimum Gasteiger partial charge on any atom is -0.449 e. The number of hydrogen-bond acceptors (Lipinski definition) is 6. The Labute approximate surface area is 210 Å². The number of carbonyl (C=O) groups is 2. The minimum atomic E-state index is -3.63. The number of esters is 1. The number of rotatable bonds is 7. The van der Waals surface area contributed by atoms with E-state index >= 15 is 0 Å². The Morgan fingerprint density at radius 2 is 1.64 bits per heavy atom. The molecule has 3 aromatic rings. The van der Waals surface area contributed by atoms with Crippen molar-refractivity contribution in [2.75, 3.05) is 31.6 Å². The number of amides is 1. The molecular weight excluding hydrogens is 482 g/mol. The third-order valence-corrected chi connectivity index (χ3v) is 7.96. The number of carbonyl (C=O) groups excluding carboxylic acids is 2. The SMILES string of the molecule is Cc1cc(C(=O)OC(C)C(=O)Nc2ccc(S(=O)(=O)N3CCOCC3)cc2)c(C)n1-c1ccccc1. The molecule has 1 atom stereocenters. The van der Waals surface area contributed by atoms with Crippen molar-refractivity contribution in [2.24, 2.45) is 0 Å². The highest BCUT2D eigenvalue weighted by Crippen LogP contribution is 2.23. The number of aromatic nitrogens is 1. The van der Waals surface area contributed by atoms with Crippen LogP contribution in [0.3, 0.4) is 0 Å². The quantitative estimate of drug-likeness (QED) is 0.488. The molecule has 2 heterocycles. The number of morpholine rings is 1. The molecule has 1 aliphatic heterocycles. The Kier molecular flexibility index (Phi) is 7.58. The third-order valence-electron chi connectivity index (χ3n) is 6.05. The average Bonchev–Trinajstić information content (AvgIpc) is 3.19. The molecule has 10 heteroatoms. The van der Waals surface area contributed by atoms with Crippen molar-refractivity contribution in [3.05, 3.63) is 77.6 Å². The van der Waals surface area contributed by atoms with E-state index in [1.165, 1.54) is 35.5 Å². The first-order valence-corrected chi connectivity index (χ1v) is 13.1. The number of nitrogens with zero attached hydrogens (tertiary/aromatic N) is 2. The number of para-hydroxylation sites is 1. The molecule has 0 saturated carbocycles. The molecule has 1 saturated heterocycles. The van der Waals surface area contributed by atoms with Gasteiger partial charge in [-0.25, -0.2) is 13.2 Å². The van der Waals surface area contributed by atoms with Crippen LogP contribution in [-0.4, -0.2) is 61.6 Å². The van der Waals surface area contributed by atoms with E-state index in [-0.39, 0.29) is 4.90 Å². The Hall–Kier alpha value is -3.47. The van der Waals surface area contributed by atoms with E-state index in [9.17, 15) is 18.0 Å². The second-order valence-electron chi connectivity index (χ2n) is 8.53. The van der Waals surface area contributed by atoms with Crippen LogP contribution in [0.4, 0.5) is 5.69 Å². The molecule has 1 unspecified atom stereocenters. The van der Waals surface area contributed by atoms with Crippen LogP contribution >= 0.6 is 0 Å². The number of benzene rings is 2. The fourth-order valence-corrected chi connectivity index (χ4v) is 5.52. The van der Waals surface area contributed by atoms with Crippen molar-refractivity contribution in [3.63, 3.8) is 0 Å². The van der Waals surface area contributed by atoms with Gasteiger partial charge >= 0.3 is 5.97 Å². The lowest BCUT2D eigenvalue weighted by Crippen LogP contribution is -2.40. The zero-order valence-electron chi connectivity index (χ0n) is 20.4. The molecule has 4 rings (SSSR count). The first-order valence-electron chi connectivity index (χ1n) is 11.6. The second kappa shape index (κ2) is 10.7. The summed E-state index contributed by atoms with van der Waals surface area (Å²) in [5.74, 6) is -1.12. The maximum atomic E-state index is 12.8. The molecule has 0 aliphatic carbocycles. The largest absolute Gasteiger partial charge is 0.449 e. The summed E-state index contributed by atoms with van der Waals surface area (Å²) in [6.07, 6.45) is -1.06. The van der Waals surface area contributed by atoms with Gasteiger partial charge in [-0.1, -0.05) is 18.2 Å². The number of aryl methyl sites for hydroxylation is 1. The van der Waals surface area contributed by atoms with Crippen molar-refractivity contribution in [1.82, 2.24) is 8.87 Å². The van der Waals surface area contributed by atoms with Gasteiger partial charge in [-0.05, 0) is 63.2 Å². The van der Waals surface area contributed by atoms with E-state index in [0.717, 1.165) is 11.4 Å². The lowest BCUT2D eigenvalue weighted by Gasteiger charge is -2.26. The third kappa shape index (κ3) is 5.35. The Morgan fingerprint density at radius 1 is 1.00 bits per heavy atom. The van der Waals surface area contributed by atoms with Crippen molar-refractivity contribution in [1.29, 1.82) is 0 Å². The summed E-state index contributed by atoms with van der Waals surface area (Å²) in [4.78, 5) is 25.6. The first kappa shape index (κ1) is 25.6. The average molecular weight is 512 g/mol. The predicted molar refractivity (Wildman–Crippen MR) is 135 cm³/mol. The lowest BCUT2D eigenvalue weighted by atomic mass is 10.2. The van der Waals surface area contributed by atoms with Gasteiger partial charge in [0, 0.05) is 35.9 Å². The number of nitrogens with one attached hydrogen (secondary N) is 1. The molecule has 190 valence electrons. The van der Waals surface area contributed by atoms with Crippen LogP contribution in [0.2, 0.25) is 0 Å². The molecule has 9 nitrogen and oxygen atoms in total. The van der Waals surface area contributed by atoms with Crippen LogP contribution in [0, 0.1) is 13.8 Å². The van der Waals surface area contributed by atoms with Crippen LogP contribution < -0.4 is 5.32 Å². The van der Waals surface area contributed by atoms with Crippen molar-refractivity contribution in [3.8, 4) is 5.69 Å². The molecule has 0 spiro atoms. The molecule has 2 aromatic carbocycles. The molecule has 0 radical (unpaired) electrons. The molecule has 1 fully saturated rings. The molecule has 1 aliphatic rings. The first-order chi connectivity index (χ1) is 17.2. The van der Waals surface area contributed by atoms with Crippen LogP contribution in [-0.2, 0) is 24.3 Å². The summed E-state index contributed by atoms with van der Waals surface area (Å²) in [6.45, 7) is 6.54. The van der Waals surface area contributed by atoms with E-state index in [4.69, 9.17) is 9.47 Å². The highest BCUT2D eigenvalue weighted by Gasteiger charge is 2.27. The van der Waals surface area contributed by atoms with E-state index in [0.29, 0.717) is 43.2 Å². The summed E-state index contributed by atoms with van der Waals surface area (Å²) in [7, 11) is -3.63. The monoisotopic (exact) mass is 511 g/mol. The smallest absolute Gasteiger partial charge is 0.340 e. The summed E-state index contributed by atoms with van der Waals surface area (Å²) < 4.78 is 39.5. The van der Waals surface area contributed by atoms with Gasteiger partial charge in [-0.2, -0.15) is 4.31 Å². The normalized spacial score (nSPS) is 15.3. The standard InChI is InChI=1S/C26H29N3O6S/c1-18-17-24(19(2)29(18)22-7-5-4-6-8-22)26(31)35-20(3)25(30)27-21-9-11-23(12-10-21)36(32,33)28-13-15-34-16-14-28/h4-12,17,20H,13-16H2,1-3H3,(H,27,30). The van der Waals surface area contributed by atoms with Gasteiger partial charge in [0.25, 0.3) is 5.91 Å². The Morgan fingerprint density at radius 3 is 2.28 bits per heavy atom. The molecule has 1 N–H and O–H groups in total. The maximum absolute atomic E-state index is 12.8. The minimum absolute atomic E-state index is 0.135. The molecule has 36 heavy (non-hydrogen) atoms. The van der Waals surface area contributed by atoms with Gasteiger partial charge in [0.05, 0.1) is 23.7 Å². The van der Waals surface area contributed by atoms with Gasteiger partial charge < -0.3 is 19.4 Å². The zero-order valence-corrected chi connectivity index (χ0v) is 21.2. The molecular formula is C26H29N3O6S. The van der Waals surface area contributed by atoms with Crippen LogP contribution in [0.1, 0.15) is 28.7 Å². The summed E-state index contributed by atoms with van der Waals surface area (Å²) in [5.41, 5.74) is 3.29.